The Bertz CT molecular complexity index is 814. The molecule has 0 radical (unpaired) electrons. The van der Waals surface area contributed by atoms with E-state index in [-0.39, 0.29) is 5.69 Å². The Labute approximate surface area is 125 Å². The van der Waals surface area contributed by atoms with Gasteiger partial charge >= 0.3 is 5.97 Å². The lowest BCUT2D eigenvalue weighted by Gasteiger charge is -2.06. The van der Waals surface area contributed by atoms with Gasteiger partial charge in [0.25, 0.3) is 0 Å². The summed E-state index contributed by atoms with van der Waals surface area (Å²) in [6.07, 6.45) is 1.69. The Morgan fingerprint density at radius 1 is 1.24 bits per heavy atom. The van der Waals surface area contributed by atoms with E-state index in [0.29, 0.717) is 16.4 Å². The van der Waals surface area contributed by atoms with Crippen LogP contribution in [0, 0.1) is 0 Å². The highest BCUT2D eigenvalue weighted by atomic mass is 32.2. The highest BCUT2D eigenvalue weighted by molar-refractivity contribution is 7.99. The smallest absolute Gasteiger partial charge is 0.355 e. The van der Waals surface area contributed by atoms with Crippen LogP contribution in [0.15, 0.2) is 58.6 Å². The largest absolute Gasteiger partial charge is 0.496 e. The van der Waals surface area contributed by atoms with Crippen LogP contribution in [-0.2, 0) is 0 Å². The maximum Gasteiger partial charge on any atom is 0.355 e. The standard InChI is InChI=1S/C15H12N2O3S/c1-20-10-6-2-3-7-11(10)21-14-13(15(18)19)17-9-5-4-8-12(17)16-14/h2-9H,1H3,(H,18,19). The molecule has 0 bridgehead atoms. The first-order valence-corrected chi connectivity index (χ1v) is 7.03. The van der Waals surface area contributed by atoms with Crippen LogP contribution in [0.4, 0.5) is 0 Å². The number of imidazole rings is 1. The number of aromatic carboxylic acids is 1. The second-order valence-corrected chi connectivity index (χ2v) is 5.28. The fraction of sp³-hybridized carbons (Fsp3) is 0.0667. The van der Waals surface area contributed by atoms with E-state index >= 15 is 0 Å². The molecule has 3 aromatic rings. The van der Waals surface area contributed by atoms with Gasteiger partial charge < -0.3 is 9.84 Å². The molecule has 0 atom stereocenters. The van der Waals surface area contributed by atoms with E-state index in [1.165, 1.54) is 11.8 Å². The first kappa shape index (κ1) is 13.5. The number of fused-ring (bicyclic) bond motifs is 1. The first-order valence-electron chi connectivity index (χ1n) is 6.22. The number of hydrogen-bond acceptors (Lipinski definition) is 4. The summed E-state index contributed by atoms with van der Waals surface area (Å²) in [6.45, 7) is 0. The lowest BCUT2D eigenvalue weighted by atomic mass is 10.3. The van der Waals surface area contributed by atoms with E-state index in [2.05, 4.69) is 4.98 Å². The summed E-state index contributed by atoms with van der Waals surface area (Å²) >= 11 is 1.28. The molecule has 2 aromatic heterocycles. The number of nitrogens with zero attached hydrogens (tertiary/aromatic N) is 2. The zero-order valence-corrected chi connectivity index (χ0v) is 12.0. The van der Waals surface area contributed by atoms with E-state index in [0.717, 1.165) is 4.90 Å². The first-order chi connectivity index (χ1) is 10.2. The summed E-state index contributed by atoms with van der Waals surface area (Å²) in [6, 6.07) is 12.8. The van der Waals surface area contributed by atoms with Crippen molar-refractivity contribution in [3.05, 3.63) is 54.4 Å². The van der Waals surface area contributed by atoms with Crippen LogP contribution in [0.25, 0.3) is 5.65 Å². The molecule has 3 rings (SSSR count). The lowest BCUT2D eigenvalue weighted by Crippen LogP contribution is -2.02. The van der Waals surface area contributed by atoms with Crippen molar-refractivity contribution < 1.29 is 14.6 Å². The van der Waals surface area contributed by atoms with Crippen LogP contribution in [0.1, 0.15) is 10.5 Å². The number of hydrogen-bond donors (Lipinski definition) is 1. The number of carboxylic acids is 1. The summed E-state index contributed by atoms with van der Waals surface area (Å²) in [7, 11) is 1.58. The zero-order valence-electron chi connectivity index (χ0n) is 11.2. The number of ether oxygens (including phenoxy) is 1. The fourth-order valence-corrected chi connectivity index (χ4v) is 3.08. The SMILES string of the molecule is COc1ccccc1Sc1nc2ccccn2c1C(=O)O. The number of pyridine rings is 1. The summed E-state index contributed by atoms with van der Waals surface area (Å²) in [5.41, 5.74) is 0.758. The van der Waals surface area contributed by atoms with Gasteiger partial charge in [-0.3, -0.25) is 4.40 Å². The van der Waals surface area contributed by atoms with Crippen molar-refractivity contribution in [2.45, 2.75) is 9.92 Å². The van der Waals surface area contributed by atoms with E-state index in [1.54, 1.807) is 29.8 Å². The van der Waals surface area contributed by atoms with Crippen molar-refractivity contribution in [2.75, 3.05) is 7.11 Å². The second-order valence-electron chi connectivity index (χ2n) is 4.25. The average Bonchev–Trinajstić information content (AvgIpc) is 2.85. The Balaban J connectivity index is 2.12. The summed E-state index contributed by atoms with van der Waals surface area (Å²) in [4.78, 5) is 16.8. The molecule has 0 saturated heterocycles. The molecule has 5 nitrogen and oxygen atoms in total. The molecule has 6 heteroatoms. The molecule has 106 valence electrons. The Kier molecular flexibility index (Phi) is 3.53. The predicted molar refractivity (Wildman–Crippen MR) is 79.3 cm³/mol. The van der Waals surface area contributed by atoms with Gasteiger partial charge in [0, 0.05) is 6.20 Å². The third-order valence-electron chi connectivity index (χ3n) is 2.98. The van der Waals surface area contributed by atoms with Crippen LogP contribution in [0.2, 0.25) is 0 Å². The molecule has 0 saturated carbocycles. The number of rotatable bonds is 4. The predicted octanol–water partition coefficient (Wildman–Crippen LogP) is 3.19. The second kappa shape index (κ2) is 5.49. The van der Waals surface area contributed by atoms with Crippen LogP contribution in [-0.4, -0.2) is 27.6 Å². The van der Waals surface area contributed by atoms with Gasteiger partial charge in [-0.15, -0.1) is 0 Å². The third kappa shape index (κ3) is 2.45. The molecule has 0 amide bonds. The lowest BCUT2D eigenvalue weighted by molar-refractivity contribution is 0.0685. The van der Waals surface area contributed by atoms with Gasteiger partial charge in [0.15, 0.2) is 5.69 Å². The van der Waals surface area contributed by atoms with Crippen molar-refractivity contribution in [1.29, 1.82) is 0 Å². The molecule has 0 fully saturated rings. The van der Waals surface area contributed by atoms with Crippen molar-refractivity contribution in [3.8, 4) is 5.75 Å². The number of carbonyl (C=O) groups is 1. The molecule has 0 unspecified atom stereocenters. The van der Waals surface area contributed by atoms with Gasteiger partial charge in [-0.25, -0.2) is 9.78 Å². The Morgan fingerprint density at radius 2 is 2.00 bits per heavy atom. The van der Waals surface area contributed by atoms with Gasteiger partial charge in [0.1, 0.15) is 16.4 Å². The van der Waals surface area contributed by atoms with Gasteiger partial charge in [-0.1, -0.05) is 30.0 Å². The van der Waals surface area contributed by atoms with Crippen molar-refractivity contribution in [1.82, 2.24) is 9.38 Å². The molecule has 0 spiro atoms. The normalized spacial score (nSPS) is 10.7. The molecular formula is C15H12N2O3S. The Hall–Kier alpha value is -2.47. The molecule has 21 heavy (non-hydrogen) atoms. The molecular weight excluding hydrogens is 288 g/mol. The van der Waals surface area contributed by atoms with Crippen molar-refractivity contribution in [2.24, 2.45) is 0 Å². The van der Waals surface area contributed by atoms with Crippen molar-refractivity contribution >= 4 is 23.4 Å². The highest BCUT2D eigenvalue weighted by Crippen LogP contribution is 2.36. The van der Waals surface area contributed by atoms with E-state index in [4.69, 9.17) is 4.74 Å². The fourth-order valence-electron chi connectivity index (χ4n) is 2.05. The van der Waals surface area contributed by atoms with Gasteiger partial charge in [0.05, 0.1) is 12.0 Å². The molecule has 1 aromatic carbocycles. The third-order valence-corrected chi connectivity index (χ3v) is 4.01. The molecule has 1 N–H and O–H groups in total. The monoisotopic (exact) mass is 300 g/mol. The molecule has 0 aliphatic heterocycles. The number of para-hydroxylation sites is 1. The summed E-state index contributed by atoms with van der Waals surface area (Å²) in [5.74, 6) is -0.318. The van der Waals surface area contributed by atoms with Gasteiger partial charge in [-0.05, 0) is 24.3 Å². The Morgan fingerprint density at radius 3 is 2.76 bits per heavy atom. The molecule has 0 aliphatic rings. The minimum atomic E-state index is -1.01. The number of methoxy groups -OCH3 is 1. The highest BCUT2D eigenvalue weighted by Gasteiger charge is 2.20. The number of benzene rings is 1. The zero-order chi connectivity index (χ0) is 14.8. The minimum Gasteiger partial charge on any atom is -0.496 e. The van der Waals surface area contributed by atoms with Crippen LogP contribution in [0.3, 0.4) is 0 Å². The minimum absolute atomic E-state index is 0.154. The number of carboxylic acid groups (broad SMARTS) is 1. The van der Waals surface area contributed by atoms with Gasteiger partial charge in [-0.2, -0.15) is 0 Å². The number of aromatic nitrogens is 2. The van der Waals surface area contributed by atoms with Crippen LogP contribution in [0.5, 0.6) is 5.75 Å². The summed E-state index contributed by atoms with van der Waals surface area (Å²) in [5, 5.41) is 9.89. The van der Waals surface area contributed by atoms with E-state index in [9.17, 15) is 9.90 Å². The average molecular weight is 300 g/mol. The van der Waals surface area contributed by atoms with Crippen molar-refractivity contribution in [3.63, 3.8) is 0 Å². The van der Waals surface area contributed by atoms with Crippen LogP contribution >= 0.6 is 11.8 Å². The van der Waals surface area contributed by atoms with E-state index in [1.807, 2.05) is 30.3 Å². The maximum absolute atomic E-state index is 11.5. The molecule has 2 heterocycles. The van der Waals surface area contributed by atoms with E-state index < -0.39 is 5.97 Å². The topological polar surface area (TPSA) is 63.8 Å². The van der Waals surface area contributed by atoms with Crippen LogP contribution < -0.4 is 4.74 Å². The summed E-state index contributed by atoms with van der Waals surface area (Å²) < 4.78 is 6.86. The maximum atomic E-state index is 11.5. The quantitative estimate of drug-likeness (QED) is 0.801. The van der Waals surface area contributed by atoms with Gasteiger partial charge in [0.2, 0.25) is 0 Å². The molecule has 0 aliphatic carbocycles.